The molecule has 2 aromatic rings. The Hall–Kier alpha value is -1.98. The summed E-state index contributed by atoms with van der Waals surface area (Å²) in [6.45, 7) is 21.6. The average molecular weight is 495 g/mol. The smallest absolute Gasteiger partial charge is 0.200 e. The monoisotopic (exact) mass is 494 g/mol. The van der Waals surface area contributed by atoms with Gasteiger partial charge in [0, 0.05) is 17.4 Å². The number of benzene rings is 1. The summed E-state index contributed by atoms with van der Waals surface area (Å²) >= 11 is 0. The molecule has 0 aliphatic heterocycles. The maximum absolute atomic E-state index is 13.5. The molecule has 0 bridgehead atoms. The van der Waals surface area contributed by atoms with E-state index in [4.69, 9.17) is 9.52 Å². The molecule has 1 aromatic carbocycles. The zero-order valence-electron chi connectivity index (χ0n) is 22.7. The van der Waals surface area contributed by atoms with Crippen LogP contribution in [0.1, 0.15) is 79.0 Å². The van der Waals surface area contributed by atoms with Crippen LogP contribution in [0.15, 0.2) is 48.7 Å². The molecule has 2 aliphatic rings. The van der Waals surface area contributed by atoms with Crippen LogP contribution in [0.3, 0.4) is 0 Å². The maximum atomic E-state index is 13.5. The second kappa shape index (κ2) is 9.47. The largest absolute Gasteiger partial charge is 0.415 e. The van der Waals surface area contributed by atoms with Gasteiger partial charge in [-0.05, 0) is 78.2 Å². The number of halogens is 1. The predicted molar refractivity (Wildman–Crippen MR) is 147 cm³/mol. The van der Waals surface area contributed by atoms with E-state index >= 15 is 0 Å². The second-order valence-corrected chi connectivity index (χ2v) is 17.5. The van der Waals surface area contributed by atoms with E-state index in [9.17, 15) is 4.39 Å². The molecule has 0 N–H and O–H groups in total. The van der Waals surface area contributed by atoms with E-state index in [0.717, 1.165) is 43.7 Å². The lowest BCUT2D eigenvalue weighted by molar-refractivity contribution is 0.0416. The molecule has 0 saturated heterocycles. The number of aromatic nitrogens is 2. The van der Waals surface area contributed by atoms with Gasteiger partial charge in [0.2, 0.25) is 0 Å². The summed E-state index contributed by atoms with van der Waals surface area (Å²) < 4.78 is 22.7. The second-order valence-electron chi connectivity index (χ2n) is 12.0. The van der Waals surface area contributed by atoms with E-state index in [0.29, 0.717) is 16.6 Å². The highest BCUT2D eigenvalue weighted by molar-refractivity contribution is 6.77. The van der Waals surface area contributed by atoms with Gasteiger partial charge in [-0.2, -0.15) is 5.10 Å². The Morgan fingerprint density at radius 1 is 1.11 bits per heavy atom. The molecule has 0 spiro atoms. The highest BCUT2D eigenvalue weighted by Gasteiger charge is 2.57. The first-order valence-corrected chi connectivity index (χ1v) is 15.4. The molecule has 0 radical (unpaired) electrons. The van der Waals surface area contributed by atoms with Crippen molar-refractivity contribution < 1.29 is 8.82 Å². The minimum absolute atomic E-state index is 0.00985. The van der Waals surface area contributed by atoms with E-state index in [2.05, 4.69) is 67.2 Å². The van der Waals surface area contributed by atoms with Crippen LogP contribution in [0.2, 0.25) is 16.6 Å². The Morgan fingerprint density at radius 2 is 1.74 bits per heavy atom. The van der Waals surface area contributed by atoms with Gasteiger partial charge in [0.05, 0.1) is 17.6 Å². The topological polar surface area (TPSA) is 27.1 Å². The van der Waals surface area contributed by atoms with Gasteiger partial charge < -0.3 is 4.43 Å². The summed E-state index contributed by atoms with van der Waals surface area (Å²) in [5.74, 6) is -0.227. The summed E-state index contributed by atoms with van der Waals surface area (Å²) in [5.41, 5.74) is 6.53. The fraction of sp³-hybridized carbons (Fsp3) is 0.567. The fourth-order valence-electron chi connectivity index (χ4n) is 7.47. The first-order chi connectivity index (χ1) is 16.5. The van der Waals surface area contributed by atoms with Crippen molar-refractivity contribution in [3.63, 3.8) is 0 Å². The van der Waals surface area contributed by atoms with Crippen LogP contribution in [-0.4, -0.2) is 24.7 Å². The van der Waals surface area contributed by atoms with Crippen LogP contribution in [0.4, 0.5) is 4.39 Å². The maximum Gasteiger partial charge on any atom is 0.200 e. The zero-order valence-corrected chi connectivity index (χ0v) is 23.7. The lowest BCUT2D eigenvalue weighted by Crippen LogP contribution is -2.52. The first-order valence-electron chi connectivity index (χ1n) is 13.3. The number of hydrogen-bond acceptors (Lipinski definition) is 2. The molecule has 3 nitrogen and oxygen atoms in total. The van der Waals surface area contributed by atoms with Gasteiger partial charge in [0.1, 0.15) is 5.82 Å². The third-order valence-electron chi connectivity index (χ3n) is 9.41. The van der Waals surface area contributed by atoms with Crippen molar-refractivity contribution in [3.8, 4) is 5.69 Å². The Balaban J connectivity index is 1.70. The van der Waals surface area contributed by atoms with Crippen LogP contribution in [0.25, 0.3) is 11.8 Å². The van der Waals surface area contributed by atoms with Crippen molar-refractivity contribution in [1.29, 1.82) is 0 Å². The van der Waals surface area contributed by atoms with Gasteiger partial charge in [-0.25, -0.2) is 9.07 Å². The normalized spacial score (nSPS) is 24.1. The van der Waals surface area contributed by atoms with Crippen molar-refractivity contribution in [2.45, 2.75) is 90.8 Å². The van der Waals surface area contributed by atoms with Crippen LogP contribution in [0, 0.1) is 16.6 Å². The van der Waals surface area contributed by atoms with Gasteiger partial charge >= 0.3 is 0 Å². The zero-order chi connectivity index (χ0) is 25.6. The van der Waals surface area contributed by atoms with Crippen LogP contribution >= 0.6 is 0 Å². The molecule has 1 fully saturated rings. The summed E-state index contributed by atoms with van der Waals surface area (Å²) in [5, 5.41) is 4.71. The van der Waals surface area contributed by atoms with Gasteiger partial charge in [-0.15, -0.1) is 6.58 Å². The van der Waals surface area contributed by atoms with Gasteiger partial charge in [0.15, 0.2) is 8.32 Å². The van der Waals surface area contributed by atoms with Crippen LogP contribution < -0.4 is 0 Å². The standard InChI is InChI=1S/C30H43FN2OSi/c1-9-15-30(20-34-35(21(2)3,22(4)5)23(6)7)16-14-25-17-28-24(18-29(25,30)8)19-32-33(28)27-12-10-26(31)11-13-27/h9-13,17,19,21-23H,1,14-16,18,20H2,2-8H3/t29-,30+/m0/s1. The Bertz CT molecular complexity index is 1080. The molecule has 5 heteroatoms. The van der Waals surface area contributed by atoms with Crippen molar-refractivity contribution in [2.24, 2.45) is 10.8 Å². The van der Waals surface area contributed by atoms with Crippen molar-refractivity contribution >= 4 is 14.4 Å². The number of fused-ring (bicyclic) bond motifs is 2. The molecule has 190 valence electrons. The summed E-state index contributed by atoms with van der Waals surface area (Å²) in [6.07, 6.45) is 10.6. The summed E-state index contributed by atoms with van der Waals surface area (Å²) in [4.78, 5) is 0. The Morgan fingerprint density at radius 3 is 2.31 bits per heavy atom. The number of nitrogens with zero attached hydrogens (tertiary/aromatic N) is 2. The molecule has 0 amide bonds. The summed E-state index contributed by atoms with van der Waals surface area (Å²) in [7, 11) is -1.98. The molecular weight excluding hydrogens is 451 g/mol. The molecule has 1 heterocycles. The lowest BCUT2D eigenvalue weighted by atomic mass is 9.60. The van der Waals surface area contributed by atoms with Crippen molar-refractivity contribution in [3.05, 3.63) is 65.8 Å². The Labute approximate surface area is 212 Å². The van der Waals surface area contributed by atoms with Gasteiger partial charge in [-0.3, -0.25) is 0 Å². The molecule has 2 atom stereocenters. The third kappa shape index (κ3) is 4.09. The van der Waals surface area contributed by atoms with Gasteiger partial charge in [0.25, 0.3) is 0 Å². The molecule has 1 aromatic heterocycles. The fourth-order valence-corrected chi connectivity index (χ4v) is 13.0. The molecule has 4 rings (SSSR count). The first kappa shape index (κ1) is 26.1. The minimum Gasteiger partial charge on any atom is -0.415 e. The molecule has 2 aliphatic carbocycles. The predicted octanol–water partition coefficient (Wildman–Crippen LogP) is 8.51. The highest BCUT2D eigenvalue weighted by atomic mass is 28.4. The molecule has 35 heavy (non-hydrogen) atoms. The minimum atomic E-state index is -1.98. The third-order valence-corrected chi connectivity index (χ3v) is 15.5. The quantitative estimate of drug-likeness (QED) is 0.258. The lowest BCUT2D eigenvalue weighted by Gasteiger charge is -2.50. The highest BCUT2D eigenvalue weighted by Crippen LogP contribution is 2.62. The van der Waals surface area contributed by atoms with Crippen molar-refractivity contribution in [1.82, 2.24) is 9.78 Å². The summed E-state index contributed by atoms with van der Waals surface area (Å²) in [6, 6.07) is 6.60. The average Bonchev–Trinajstić information content (AvgIpc) is 3.31. The molecular formula is C30H43FN2OSi. The van der Waals surface area contributed by atoms with E-state index < -0.39 is 8.32 Å². The Kier molecular flexibility index (Phi) is 7.06. The van der Waals surface area contributed by atoms with E-state index in [1.807, 2.05) is 10.9 Å². The van der Waals surface area contributed by atoms with Gasteiger partial charge in [-0.1, -0.05) is 60.1 Å². The van der Waals surface area contributed by atoms with Crippen LogP contribution in [0.5, 0.6) is 0 Å². The van der Waals surface area contributed by atoms with E-state index in [1.165, 1.54) is 23.3 Å². The van der Waals surface area contributed by atoms with Crippen molar-refractivity contribution in [2.75, 3.05) is 6.61 Å². The van der Waals surface area contributed by atoms with E-state index in [-0.39, 0.29) is 16.6 Å². The molecule has 1 saturated carbocycles. The van der Waals surface area contributed by atoms with E-state index in [1.54, 1.807) is 12.1 Å². The van der Waals surface area contributed by atoms with Crippen LogP contribution in [-0.2, 0) is 10.8 Å². The number of hydrogen-bond donors (Lipinski definition) is 0. The molecule has 0 unspecified atom stereocenters. The number of allylic oxidation sites excluding steroid dienone is 2. The SMILES string of the molecule is C=CC[C@]1(CO[Si](C(C)C)(C(C)C)C(C)C)CCC2=Cc3c(cnn3-c3ccc(F)cc3)C[C@@]21C. The number of rotatable bonds is 9.